The molecule has 1 rings (SSSR count). The summed E-state index contributed by atoms with van der Waals surface area (Å²) in [7, 11) is 3.28. The van der Waals surface area contributed by atoms with Crippen molar-refractivity contribution in [2.45, 2.75) is 6.42 Å². The Hall–Kier alpha value is -0.960. The van der Waals surface area contributed by atoms with E-state index in [9.17, 15) is 8.78 Å². The largest absolute Gasteiger partial charge is 0.383 e. The molecule has 0 saturated heterocycles. The van der Waals surface area contributed by atoms with Crippen molar-refractivity contribution in [3.8, 4) is 0 Å². The van der Waals surface area contributed by atoms with Crippen LogP contribution < -0.4 is 10.6 Å². The van der Waals surface area contributed by atoms with Gasteiger partial charge in [-0.15, -0.1) is 24.0 Å². The number of halogens is 3. The lowest BCUT2D eigenvalue weighted by Gasteiger charge is -2.11. The lowest BCUT2D eigenvalue weighted by Crippen LogP contribution is -2.39. The highest BCUT2D eigenvalue weighted by atomic mass is 127. The predicted octanol–water partition coefficient (Wildman–Crippen LogP) is 1.94. The lowest BCUT2D eigenvalue weighted by molar-refractivity contribution is 0.203. The summed E-state index contributed by atoms with van der Waals surface area (Å²) in [6, 6.07) is 3.51. The van der Waals surface area contributed by atoms with Crippen molar-refractivity contribution in [1.29, 1.82) is 0 Å². The summed E-state index contributed by atoms with van der Waals surface area (Å²) in [4.78, 5) is 4.02. The van der Waals surface area contributed by atoms with Crippen molar-refractivity contribution < 1.29 is 13.5 Å². The maximum atomic E-state index is 13.0. The quantitative estimate of drug-likeness (QED) is 0.333. The number of nitrogens with zero attached hydrogens (tertiary/aromatic N) is 1. The van der Waals surface area contributed by atoms with Gasteiger partial charge < -0.3 is 15.4 Å². The number of benzene rings is 1. The van der Waals surface area contributed by atoms with Gasteiger partial charge in [-0.3, -0.25) is 4.99 Å². The molecule has 1 aromatic carbocycles. The van der Waals surface area contributed by atoms with E-state index in [0.29, 0.717) is 37.6 Å². The summed E-state index contributed by atoms with van der Waals surface area (Å²) in [6.07, 6.45) is 0.514. The summed E-state index contributed by atoms with van der Waals surface area (Å²) in [5.41, 5.74) is 0.609. The Bertz CT molecular complexity index is 410. The first-order valence-electron chi connectivity index (χ1n) is 6.04. The van der Waals surface area contributed by atoms with Crippen LogP contribution in [-0.4, -0.2) is 39.8 Å². The Morgan fingerprint density at radius 1 is 1.15 bits per heavy atom. The molecule has 0 radical (unpaired) electrons. The first-order chi connectivity index (χ1) is 9.15. The average Bonchev–Trinajstić information content (AvgIpc) is 2.36. The van der Waals surface area contributed by atoms with E-state index in [0.717, 1.165) is 6.07 Å². The van der Waals surface area contributed by atoms with Crippen molar-refractivity contribution in [2.24, 2.45) is 4.99 Å². The number of aliphatic imine (C=N–C) groups is 1. The number of guanidine groups is 1. The smallest absolute Gasteiger partial charge is 0.191 e. The number of methoxy groups -OCH3 is 1. The van der Waals surface area contributed by atoms with Gasteiger partial charge in [0.1, 0.15) is 11.6 Å². The fraction of sp³-hybridized carbons (Fsp3) is 0.462. The monoisotopic (exact) mass is 399 g/mol. The van der Waals surface area contributed by atoms with E-state index >= 15 is 0 Å². The highest BCUT2D eigenvalue weighted by Gasteiger charge is 2.01. The second-order valence-electron chi connectivity index (χ2n) is 3.95. The van der Waals surface area contributed by atoms with Gasteiger partial charge >= 0.3 is 0 Å². The fourth-order valence-corrected chi connectivity index (χ4v) is 1.57. The minimum Gasteiger partial charge on any atom is -0.383 e. The maximum absolute atomic E-state index is 13.0. The van der Waals surface area contributed by atoms with Crippen LogP contribution in [0.3, 0.4) is 0 Å². The van der Waals surface area contributed by atoms with Crippen LogP contribution in [0.2, 0.25) is 0 Å². The Labute approximate surface area is 135 Å². The van der Waals surface area contributed by atoms with E-state index in [4.69, 9.17) is 4.74 Å². The van der Waals surface area contributed by atoms with Gasteiger partial charge in [0.2, 0.25) is 0 Å². The van der Waals surface area contributed by atoms with Gasteiger partial charge in [-0.1, -0.05) is 0 Å². The summed E-state index contributed by atoms with van der Waals surface area (Å²) < 4.78 is 30.9. The van der Waals surface area contributed by atoms with E-state index in [1.807, 2.05) is 0 Å². The Balaban J connectivity index is 0.00000361. The van der Waals surface area contributed by atoms with Crippen LogP contribution in [-0.2, 0) is 11.2 Å². The van der Waals surface area contributed by atoms with Crippen LogP contribution in [0.4, 0.5) is 8.78 Å². The van der Waals surface area contributed by atoms with Crippen LogP contribution in [0.5, 0.6) is 0 Å². The number of nitrogens with one attached hydrogen (secondary N) is 2. The van der Waals surface area contributed by atoms with E-state index < -0.39 is 11.6 Å². The normalized spacial score (nSPS) is 10.9. The van der Waals surface area contributed by atoms with Gasteiger partial charge in [0.25, 0.3) is 0 Å². The van der Waals surface area contributed by atoms with Crippen molar-refractivity contribution in [3.63, 3.8) is 0 Å². The number of ether oxygens (including phenoxy) is 1. The zero-order valence-electron chi connectivity index (χ0n) is 11.6. The topological polar surface area (TPSA) is 45.7 Å². The van der Waals surface area contributed by atoms with Crippen molar-refractivity contribution >= 4 is 29.9 Å². The molecule has 0 spiro atoms. The molecule has 20 heavy (non-hydrogen) atoms. The first kappa shape index (κ1) is 19.0. The third-order valence-corrected chi connectivity index (χ3v) is 2.45. The lowest BCUT2D eigenvalue weighted by atomic mass is 10.1. The zero-order chi connectivity index (χ0) is 14.1. The minimum absolute atomic E-state index is 0. The predicted molar refractivity (Wildman–Crippen MR) is 86.7 cm³/mol. The molecule has 0 aliphatic carbocycles. The standard InChI is InChI=1S/C13H19F2N3O.HI/c1-16-13(18-5-6-19-2)17-4-3-10-7-11(14)9-12(15)8-10;/h7-9H,3-6H2,1-2H3,(H2,16,17,18);1H. The van der Waals surface area contributed by atoms with Gasteiger partial charge in [-0.25, -0.2) is 8.78 Å². The molecule has 0 aliphatic heterocycles. The third kappa shape index (κ3) is 7.59. The summed E-state index contributed by atoms with van der Waals surface area (Å²) >= 11 is 0. The summed E-state index contributed by atoms with van der Waals surface area (Å²) in [5, 5.41) is 6.10. The minimum atomic E-state index is -0.558. The second-order valence-corrected chi connectivity index (χ2v) is 3.95. The van der Waals surface area contributed by atoms with Crippen LogP contribution in [0.25, 0.3) is 0 Å². The van der Waals surface area contributed by atoms with E-state index in [-0.39, 0.29) is 24.0 Å². The Morgan fingerprint density at radius 3 is 2.30 bits per heavy atom. The molecule has 0 atom stereocenters. The molecule has 0 heterocycles. The Kier molecular flexibility index (Phi) is 10.3. The molecular weight excluding hydrogens is 379 g/mol. The molecule has 0 fully saturated rings. The summed E-state index contributed by atoms with van der Waals surface area (Å²) in [6.45, 7) is 1.76. The molecule has 1 aromatic rings. The molecule has 114 valence electrons. The molecular formula is C13H20F2IN3O. The molecule has 0 bridgehead atoms. The van der Waals surface area contributed by atoms with Crippen molar-refractivity contribution in [1.82, 2.24) is 10.6 Å². The van der Waals surface area contributed by atoms with Gasteiger partial charge in [-0.2, -0.15) is 0 Å². The molecule has 0 aromatic heterocycles. The zero-order valence-corrected chi connectivity index (χ0v) is 13.9. The maximum Gasteiger partial charge on any atom is 0.191 e. The third-order valence-electron chi connectivity index (χ3n) is 2.45. The molecule has 7 heteroatoms. The SMILES string of the molecule is CN=C(NCCOC)NCCc1cc(F)cc(F)c1.I. The van der Waals surface area contributed by atoms with Crippen LogP contribution in [0, 0.1) is 11.6 Å². The Morgan fingerprint density at radius 2 is 1.75 bits per heavy atom. The van der Waals surface area contributed by atoms with Gasteiger partial charge in [0, 0.05) is 33.3 Å². The van der Waals surface area contributed by atoms with E-state index in [1.54, 1.807) is 14.2 Å². The van der Waals surface area contributed by atoms with Crippen molar-refractivity contribution in [3.05, 3.63) is 35.4 Å². The molecule has 0 unspecified atom stereocenters. The average molecular weight is 399 g/mol. The van der Waals surface area contributed by atoms with E-state index in [1.165, 1.54) is 12.1 Å². The molecule has 0 saturated carbocycles. The molecule has 0 amide bonds. The molecule has 4 nitrogen and oxygen atoms in total. The summed E-state index contributed by atoms with van der Waals surface area (Å²) in [5.74, 6) is -0.482. The number of hydrogen-bond acceptors (Lipinski definition) is 2. The van der Waals surface area contributed by atoms with Crippen LogP contribution >= 0.6 is 24.0 Å². The van der Waals surface area contributed by atoms with Gasteiger partial charge in [0.05, 0.1) is 6.61 Å². The van der Waals surface area contributed by atoms with Crippen molar-refractivity contribution in [2.75, 3.05) is 33.9 Å². The van der Waals surface area contributed by atoms with Gasteiger partial charge in [0.15, 0.2) is 5.96 Å². The second kappa shape index (κ2) is 10.8. The number of hydrogen-bond donors (Lipinski definition) is 2. The van der Waals surface area contributed by atoms with Gasteiger partial charge in [-0.05, 0) is 24.1 Å². The fourth-order valence-electron chi connectivity index (χ4n) is 1.57. The number of rotatable bonds is 6. The van der Waals surface area contributed by atoms with Crippen LogP contribution in [0.1, 0.15) is 5.56 Å². The molecule has 2 N–H and O–H groups in total. The first-order valence-corrected chi connectivity index (χ1v) is 6.04. The highest BCUT2D eigenvalue weighted by molar-refractivity contribution is 14.0. The van der Waals surface area contributed by atoms with E-state index in [2.05, 4.69) is 15.6 Å². The molecule has 0 aliphatic rings. The van der Waals surface area contributed by atoms with Crippen LogP contribution in [0.15, 0.2) is 23.2 Å². The highest BCUT2D eigenvalue weighted by Crippen LogP contribution is 2.07.